The van der Waals surface area contributed by atoms with E-state index in [1.165, 1.54) is 37.7 Å². The van der Waals surface area contributed by atoms with E-state index in [2.05, 4.69) is 23.1 Å². The van der Waals surface area contributed by atoms with Crippen molar-refractivity contribution in [3.8, 4) is 5.75 Å². The first-order valence-corrected chi connectivity index (χ1v) is 8.34. The van der Waals surface area contributed by atoms with Gasteiger partial charge in [-0.1, -0.05) is 31.4 Å². The predicted octanol–water partition coefficient (Wildman–Crippen LogP) is 3.27. The highest BCUT2D eigenvalue weighted by molar-refractivity contribution is 5.28. The molecule has 1 aliphatic heterocycles. The molecule has 1 aromatic rings. The van der Waals surface area contributed by atoms with Crippen LogP contribution < -0.4 is 4.74 Å². The molecule has 3 rings (SSSR count). The van der Waals surface area contributed by atoms with Crippen LogP contribution in [0.3, 0.4) is 0 Å². The quantitative estimate of drug-likeness (QED) is 0.849. The molecular formula is C18H27NO2. The predicted molar refractivity (Wildman–Crippen MR) is 84.9 cm³/mol. The van der Waals surface area contributed by atoms with Gasteiger partial charge in [0.15, 0.2) is 0 Å². The Morgan fingerprint density at radius 1 is 1.24 bits per heavy atom. The lowest BCUT2D eigenvalue weighted by molar-refractivity contribution is -0.0474. The number of rotatable bonds is 4. The normalized spacial score (nSPS) is 24.9. The second-order valence-electron chi connectivity index (χ2n) is 6.34. The van der Waals surface area contributed by atoms with Gasteiger partial charge in [-0.15, -0.1) is 0 Å². The fourth-order valence-electron chi connectivity index (χ4n) is 3.71. The molecule has 21 heavy (non-hydrogen) atoms. The highest BCUT2D eigenvalue weighted by Gasteiger charge is 2.27. The topological polar surface area (TPSA) is 21.7 Å². The van der Waals surface area contributed by atoms with Crippen molar-refractivity contribution in [3.05, 3.63) is 29.8 Å². The van der Waals surface area contributed by atoms with Crippen molar-refractivity contribution in [3.63, 3.8) is 0 Å². The lowest BCUT2D eigenvalue weighted by atomic mass is 9.93. The van der Waals surface area contributed by atoms with Crippen LogP contribution in [0.25, 0.3) is 0 Å². The van der Waals surface area contributed by atoms with Gasteiger partial charge in [-0.3, -0.25) is 4.90 Å². The summed E-state index contributed by atoms with van der Waals surface area (Å²) in [4.78, 5) is 2.67. The van der Waals surface area contributed by atoms with E-state index >= 15 is 0 Å². The van der Waals surface area contributed by atoms with Crippen LogP contribution in [0.5, 0.6) is 5.75 Å². The van der Waals surface area contributed by atoms with Crippen LogP contribution in [0.1, 0.15) is 37.7 Å². The minimum Gasteiger partial charge on any atom is -0.497 e. The molecule has 3 nitrogen and oxygen atoms in total. The number of ether oxygens (including phenoxy) is 2. The Hall–Kier alpha value is -1.06. The van der Waals surface area contributed by atoms with Gasteiger partial charge in [0.05, 0.1) is 19.8 Å². The number of nitrogens with zero attached hydrogens (tertiary/aromatic N) is 1. The lowest BCUT2D eigenvalue weighted by Gasteiger charge is -2.40. The maximum atomic E-state index is 5.99. The van der Waals surface area contributed by atoms with E-state index in [1.54, 1.807) is 7.11 Å². The molecule has 116 valence electrons. The molecule has 2 aliphatic rings. The number of methoxy groups -OCH3 is 1. The van der Waals surface area contributed by atoms with Gasteiger partial charge in [0.25, 0.3) is 0 Å². The first-order valence-electron chi connectivity index (χ1n) is 8.34. The molecule has 3 heteroatoms. The maximum Gasteiger partial charge on any atom is 0.119 e. The van der Waals surface area contributed by atoms with E-state index in [1.807, 2.05) is 6.07 Å². The Kier molecular flexibility index (Phi) is 5.15. The molecular weight excluding hydrogens is 262 g/mol. The molecule has 2 fully saturated rings. The SMILES string of the molecule is COc1cccc(C[C@H]2CN(C3CCCCC3)CCO2)c1. The number of hydrogen-bond acceptors (Lipinski definition) is 3. The van der Waals surface area contributed by atoms with Crippen molar-refractivity contribution < 1.29 is 9.47 Å². The van der Waals surface area contributed by atoms with Gasteiger partial charge in [-0.05, 0) is 30.5 Å². The summed E-state index contributed by atoms with van der Waals surface area (Å²) in [5.74, 6) is 0.937. The molecule has 0 bridgehead atoms. The van der Waals surface area contributed by atoms with E-state index in [9.17, 15) is 0 Å². The minimum absolute atomic E-state index is 0.327. The third-order valence-electron chi connectivity index (χ3n) is 4.86. The maximum absolute atomic E-state index is 5.99. The zero-order chi connectivity index (χ0) is 14.5. The molecule has 0 radical (unpaired) electrons. The Bertz CT molecular complexity index is 443. The van der Waals surface area contributed by atoms with Crippen LogP contribution in [0, 0.1) is 0 Å². The molecule has 1 aromatic carbocycles. The molecule has 1 aliphatic carbocycles. The van der Waals surface area contributed by atoms with Gasteiger partial charge >= 0.3 is 0 Å². The number of benzene rings is 1. The van der Waals surface area contributed by atoms with E-state index < -0.39 is 0 Å². The molecule has 0 spiro atoms. The van der Waals surface area contributed by atoms with Gasteiger partial charge < -0.3 is 9.47 Å². The summed E-state index contributed by atoms with van der Waals surface area (Å²) in [5.41, 5.74) is 1.31. The molecule has 0 amide bonds. The van der Waals surface area contributed by atoms with Crippen LogP contribution in [-0.4, -0.2) is 43.9 Å². The highest BCUT2D eigenvalue weighted by atomic mass is 16.5. The molecule has 1 heterocycles. The molecule has 1 atom stereocenters. The monoisotopic (exact) mass is 289 g/mol. The highest BCUT2D eigenvalue weighted by Crippen LogP contribution is 2.25. The fourth-order valence-corrected chi connectivity index (χ4v) is 3.71. The third kappa shape index (κ3) is 3.98. The first kappa shape index (κ1) is 14.9. The largest absolute Gasteiger partial charge is 0.497 e. The van der Waals surface area contributed by atoms with Gasteiger partial charge in [0.1, 0.15) is 5.75 Å². The molecule has 1 saturated heterocycles. The smallest absolute Gasteiger partial charge is 0.119 e. The Balaban J connectivity index is 1.57. The molecule has 0 unspecified atom stereocenters. The van der Waals surface area contributed by atoms with Crippen LogP contribution in [-0.2, 0) is 11.2 Å². The van der Waals surface area contributed by atoms with E-state index in [0.29, 0.717) is 6.10 Å². The number of hydrogen-bond donors (Lipinski definition) is 0. The summed E-state index contributed by atoms with van der Waals surface area (Å²) in [7, 11) is 1.72. The van der Waals surface area contributed by atoms with Crippen molar-refractivity contribution in [2.24, 2.45) is 0 Å². The lowest BCUT2D eigenvalue weighted by Crippen LogP contribution is -2.48. The van der Waals surface area contributed by atoms with E-state index in [-0.39, 0.29) is 0 Å². The standard InChI is InChI=1S/C18H27NO2/c1-20-17-9-5-6-15(12-17)13-18-14-19(10-11-21-18)16-7-3-2-4-8-16/h5-6,9,12,16,18H,2-4,7-8,10-11,13-14H2,1H3/t18-/m0/s1. The van der Waals surface area contributed by atoms with Gasteiger partial charge in [-0.2, -0.15) is 0 Å². The van der Waals surface area contributed by atoms with Gasteiger partial charge in [-0.25, -0.2) is 0 Å². The minimum atomic E-state index is 0.327. The zero-order valence-corrected chi connectivity index (χ0v) is 13.1. The first-order chi connectivity index (χ1) is 10.3. The Morgan fingerprint density at radius 3 is 2.90 bits per heavy atom. The molecule has 1 saturated carbocycles. The van der Waals surface area contributed by atoms with Crippen molar-refractivity contribution in [1.82, 2.24) is 4.90 Å². The van der Waals surface area contributed by atoms with Crippen molar-refractivity contribution in [1.29, 1.82) is 0 Å². The average Bonchev–Trinajstić information content (AvgIpc) is 2.56. The van der Waals surface area contributed by atoms with Crippen LogP contribution >= 0.6 is 0 Å². The van der Waals surface area contributed by atoms with Gasteiger partial charge in [0.2, 0.25) is 0 Å². The Labute approximate surface area is 128 Å². The number of morpholine rings is 1. The zero-order valence-electron chi connectivity index (χ0n) is 13.1. The van der Waals surface area contributed by atoms with Crippen LogP contribution in [0.2, 0.25) is 0 Å². The summed E-state index contributed by atoms with van der Waals surface area (Å²) in [5, 5.41) is 0. The molecule has 0 N–H and O–H groups in total. The van der Waals surface area contributed by atoms with Gasteiger partial charge in [0, 0.05) is 25.6 Å². The summed E-state index contributed by atoms with van der Waals surface area (Å²) < 4.78 is 11.3. The molecule has 0 aromatic heterocycles. The Morgan fingerprint density at radius 2 is 2.10 bits per heavy atom. The summed E-state index contributed by atoms with van der Waals surface area (Å²) >= 11 is 0. The third-order valence-corrected chi connectivity index (χ3v) is 4.86. The van der Waals surface area contributed by atoms with E-state index in [0.717, 1.165) is 37.9 Å². The second kappa shape index (κ2) is 7.28. The van der Waals surface area contributed by atoms with E-state index in [4.69, 9.17) is 9.47 Å². The van der Waals surface area contributed by atoms with Crippen LogP contribution in [0.4, 0.5) is 0 Å². The van der Waals surface area contributed by atoms with Crippen molar-refractivity contribution in [2.75, 3.05) is 26.8 Å². The van der Waals surface area contributed by atoms with Crippen molar-refractivity contribution >= 4 is 0 Å². The second-order valence-corrected chi connectivity index (χ2v) is 6.34. The summed E-state index contributed by atoms with van der Waals surface area (Å²) in [6.07, 6.45) is 8.31. The summed E-state index contributed by atoms with van der Waals surface area (Å²) in [6, 6.07) is 9.17. The summed E-state index contributed by atoms with van der Waals surface area (Å²) in [6.45, 7) is 3.08. The average molecular weight is 289 g/mol. The fraction of sp³-hybridized carbons (Fsp3) is 0.667. The van der Waals surface area contributed by atoms with Crippen LogP contribution in [0.15, 0.2) is 24.3 Å². The van der Waals surface area contributed by atoms with Crippen molar-refractivity contribution in [2.45, 2.75) is 50.7 Å².